The fourth-order valence-corrected chi connectivity index (χ4v) is 3.13. The van der Waals surface area contributed by atoms with Crippen molar-refractivity contribution in [3.63, 3.8) is 0 Å². The standard InChI is InChI=1S/C10H14O/c1-2-11-9-5-8-6-3-4-7(9)10(6)8/h3-4,6-10H,2,5H2,1H3/t6?,7?,8?,9-,10?/m0/s1. The summed E-state index contributed by atoms with van der Waals surface area (Å²) in [5.74, 6) is 3.79. The third-order valence-corrected chi connectivity index (χ3v) is 3.61. The topological polar surface area (TPSA) is 9.23 Å². The summed E-state index contributed by atoms with van der Waals surface area (Å²) < 4.78 is 5.68. The van der Waals surface area contributed by atoms with Crippen molar-refractivity contribution in [1.29, 1.82) is 0 Å². The lowest BCUT2D eigenvalue weighted by molar-refractivity contribution is 0.0382. The van der Waals surface area contributed by atoms with Crippen LogP contribution in [-0.4, -0.2) is 12.7 Å². The molecule has 0 N–H and O–H groups in total. The number of allylic oxidation sites excluding steroid dienone is 1. The van der Waals surface area contributed by atoms with E-state index in [1.165, 1.54) is 6.42 Å². The minimum absolute atomic E-state index is 0.574. The molecule has 0 saturated heterocycles. The summed E-state index contributed by atoms with van der Waals surface area (Å²) in [5.41, 5.74) is 0. The van der Waals surface area contributed by atoms with E-state index in [2.05, 4.69) is 19.1 Å². The maximum absolute atomic E-state index is 5.68. The van der Waals surface area contributed by atoms with Gasteiger partial charge in [0.2, 0.25) is 0 Å². The van der Waals surface area contributed by atoms with Crippen LogP contribution in [0.5, 0.6) is 0 Å². The van der Waals surface area contributed by atoms with Gasteiger partial charge in [-0.1, -0.05) is 12.2 Å². The van der Waals surface area contributed by atoms with Crippen LogP contribution in [0.3, 0.4) is 0 Å². The van der Waals surface area contributed by atoms with Crippen LogP contribution in [0, 0.1) is 23.7 Å². The van der Waals surface area contributed by atoms with Crippen LogP contribution in [0.25, 0.3) is 0 Å². The molecule has 0 aromatic rings. The van der Waals surface area contributed by atoms with Gasteiger partial charge in [-0.25, -0.2) is 0 Å². The summed E-state index contributed by atoms with van der Waals surface area (Å²) in [5, 5.41) is 0. The fourth-order valence-electron chi connectivity index (χ4n) is 3.13. The second kappa shape index (κ2) is 1.89. The van der Waals surface area contributed by atoms with Gasteiger partial charge < -0.3 is 4.74 Å². The highest BCUT2D eigenvalue weighted by Gasteiger charge is 2.62. The number of fused-ring (bicyclic) bond motifs is 1. The molecule has 3 aliphatic carbocycles. The van der Waals surface area contributed by atoms with Gasteiger partial charge in [0.25, 0.3) is 0 Å². The van der Waals surface area contributed by atoms with Crippen LogP contribution in [0.4, 0.5) is 0 Å². The monoisotopic (exact) mass is 150 g/mol. The van der Waals surface area contributed by atoms with Gasteiger partial charge in [-0.3, -0.25) is 0 Å². The molecule has 0 amide bonds. The van der Waals surface area contributed by atoms with Crippen LogP contribution in [0.2, 0.25) is 0 Å². The molecular weight excluding hydrogens is 136 g/mol. The predicted molar refractivity (Wildman–Crippen MR) is 43.1 cm³/mol. The largest absolute Gasteiger partial charge is 0.378 e. The molecule has 60 valence electrons. The van der Waals surface area contributed by atoms with Crippen LogP contribution in [0.15, 0.2) is 12.2 Å². The lowest BCUT2D eigenvalue weighted by Crippen LogP contribution is -2.18. The second-order valence-electron chi connectivity index (χ2n) is 4.01. The van der Waals surface area contributed by atoms with Crippen LogP contribution in [-0.2, 0) is 4.74 Å². The van der Waals surface area contributed by atoms with E-state index in [1.54, 1.807) is 0 Å². The van der Waals surface area contributed by atoms with E-state index >= 15 is 0 Å². The molecule has 3 aliphatic rings. The molecule has 0 aromatic heterocycles. The molecule has 1 nitrogen and oxygen atoms in total. The summed E-state index contributed by atoms with van der Waals surface area (Å²) >= 11 is 0. The Hall–Kier alpha value is -0.300. The quantitative estimate of drug-likeness (QED) is 0.546. The Kier molecular flexibility index (Phi) is 1.07. The van der Waals surface area contributed by atoms with Gasteiger partial charge in [0.05, 0.1) is 6.10 Å². The van der Waals surface area contributed by atoms with E-state index < -0.39 is 0 Å². The number of hydrogen-bond donors (Lipinski definition) is 0. The average Bonchev–Trinajstić information content (AvgIpc) is 2.38. The zero-order chi connectivity index (χ0) is 7.42. The van der Waals surface area contributed by atoms with Gasteiger partial charge in [-0.15, -0.1) is 0 Å². The normalized spacial score (nSPS) is 56.6. The molecule has 0 aliphatic heterocycles. The first-order chi connectivity index (χ1) is 5.42. The Morgan fingerprint density at radius 2 is 2.18 bits per heavy atom. The molecule has 2 fully saturated rings. The first-order valence-electron chi connectivity index (χ1n) is 4.71. The van der Waals surface area contributed by atoms with E-state index in [1.807, 2.05) is 0 Å². The third-order valence-electron chi connectivity index (χ3n) is 3.61. The molecule has 2 saturated carbocycles. The molecule has 11 heavy (non-hydrogen) atoms. The van der Waals surface area contributed by atoms with Crippen molar-refractivity contribution in [2.75, 3.05) is 6.61 Å². The first-order valence-corrected chi connectivity index (χ1v) is 4.71. The van der Waals surface area contributed by atoms with Gasteiger partial charge in [0.1, 0.15) is 0 Å². The van der Waals surface area contributed by atoms with E-state index in [0.29, 0.717) is 6.10 Å². The average molecular weight is 150 g/mol. The lowest BCUT2D eigenvalue weighted by Gasteiger charge is -2.17. The minimum atomic E-state index is 0.574. The van der Waals surface area contributed by atoms with E-state index in [4.69, 9.17) is 4.74 Å². The predicted octanol–water partition coefficient (Wildman–Crippen LogP) is 1.84. The summed E-state index contributed by atoms with van der Waals surface area (Å²) in [6, 6.07) is 0. The van der Waals surface area contributed by atoms with Gasteiger partial charge in [0, 0.05) is 12.5 Å². The highest BCUT2D eigenvalue weighted by atomic mass is 16.5. The number of rotatable bonds is 2. The SMILES string of the molecule is CCO[C@H]1CC2C3C=CC1C32. The van der Waals surface area contributed by atoms with Gasteiger partial charge in [-0.2, -0.15) is 0 Å². The molecule has 0 spiro atoms. The van der Waals surface area contributed by atoms with E-state index in [9.17, 15) is 0 Å². The Bertz CT molecular complexity index is 209. The Balaban J connectivity index is 1.77. The molecule has 4 unspecified atom stereocenters. The van der Waals surface area contributed by atoms with Gasteiger partial charge >= 0.3 is 0 Å². The van der Waals surface area contributed by atoms with Gasteiger partial charge in [0.15, 0.2) is 0 Å². The van der Waals surface area contributed by atoms with Crippen molar-refractivity contribution < 1.29 is 4.74 Å². The van der Waals surface area contributed by atoms with Crippen LogP contribution in [0.1, 0.15) is 13.3 Å². The molecule has 1 heteroatoms. The molecule has 0 radical (unpaired) electrons. The summed E-state index contributed by atoms with van der Waals surface area (Å²) in [6.45, 7) is 2.99. The molecule has 0 bridgehead atoms. The van der Waals surface area contributed by atoms with Crippen molar-refractivity contribution in [1.82, 2.24) is 0 Å². The molecule has 5 atom stereocenters. The Morgan fingerprint density at radius 1 is 1.36 bits per heavy atom. The van der Waals surface area contributed by atoms with Gasteiger partial charge in [-0.05, 0) is 31.1 Å². The third kappa shape index (κ3) is 0.652. The number of ether oxygens (including phenoxy) is 1. The minimum Gasteiger partial charge on any atom is -0.378 e. The molecule has 3 rings (SSSR count). The summed E-state index contributed by atoms with van der Waals surface area (Å²) in [6.07, 6.45) is 6.71. The summed E-state index contributed by atoms with van der Waals surface area (Å²) in [7, 11) is 0. The lowest BCUT2D eigenvalue weighted by atomic mass is 10.0. The fraction of sp³-hybridized carbons (Fsp3) is 0.800. The Labute approximate surface area is 67.4 Å². The van der Waals surface area contributed by atoms with Crippen LogP contribution >= 0.6 is 0 Å². The first kappa shape index (κ1) is 6.24. The van der Waals surface area contributed by atoms with Crippen LogP contribution < -0.4 is 0 Å². The highest BCUT2D eigenvalue weighted by Crippen LogP contribution is 2.65. The zero-order valence-corrected chi connectivity index (χ0v) is 6.86. The molecule has 0 aromatic carbocycles. The van der Waals surface area contributed by atoms with Crippen molar-refractivity contribution >= 4 is 0 Å². The molecular formula is C10H14O. The molecule has 0 heterocycles. The van der Waals surface area contributed by atoms with Crippen molar-refractivity contribution in [2.45, 2.75) is 19.4 Å². The van der Waals surface area contributed by atoms with Crippen molar-refractivity contribution in [2.24, 2.45) is 23.7 Å². The number of hydrogen-bond acceptors (Lipinski definition) is 1. The summed E-state index contributed by atoms with van der Waals surface area (Å²) in [4.78, 5) is 0. The van der Waals surface area contributed by atoms with E-state index in [0.717, 1.165) is 30.3 Å². The van der Waals surface area contributed by atoms with Crippen molar-refractivity contribution in [3.8, 4) is 0 Å². The maximum atomic E-state index is 5.68. The highest BCUT2D eigenvalue weighted by molar-refractivity contribution is 5.26. The van der Waals surface area contributed by atoms with E-state index in [-0.39, 0.29) is 0 Å². The van der Waals surface area contributed by atoms with Crippen molar-refractivity contribution in [3.05, 3.63) is 12.2 Å². The Morgan fingerprint density at radius 3 is 2.91 bits per heavy atom. The smallest absolute Gasteiger partial charge is 0.0643 e. The zero-order valence-electron chi connectivity index (χ0n) is 6.86. The maximum Gasteiger partial charge on any atom is 0.0643 e. The second-order valence-corrected chi connectivity index (χ2v) is 4.01.